The Hall–Kier alpha value is -1.40. The van der Waals surface area contributed by atoms with Crippen LogP contribution in [0, 0.1) is 19.8 Å². The van der Waals surface area contributed by atoms with Crippen LogP contribution in [-0.4, -0.2) is 38.4 Å². The predicted molar refractivity (Wildman–Crippen MR) is 84.0 cm³/mol. The average molecular weight is 325 g/mol. The summed E-state index contributed by atoms with van der Waals surface area (Å²) >= 11 is 0. The minimum atomic E-state index is -3.57. The Kier molecular flexibility index (Phi) is 5.24. The highest BCUT2D eigenvalue weighted by Gasteiger charge is 2.34. The number of ether oxygens (including phenoxy) is 1. The van der Waals surface area contributed by atoms with Gasteiger partial charge in [-0.2, -0.15) is 4.31 Å². The number of rotatable bonds is 4. The molecular weight excluding hydrogens is 302 g/mol. The van der Waals surface area contributed by atoms with Crippen molar-refractivity contribution < 1.29 is 17.9 Å². The maximum absolute atomic E-state index is 12.8. The van der Waals surface area contributed by atoms with Gasteiger partial charge >= 0.3 is 5.97 Å². The van der Waals surface area contributed by atoms with E-state index < -0.39 is 10.0 Å². The number of piperidine rings is 1. The van der Waals surface area contributed by atoms with E-state index in [2.05, 4.69) is 0 Å². The van der Waals surface area contributed by atoms with Crippen molar-refractivity contribution in [1.29, 1.82) is 0 Å². The Labute approximate surface area is 132 Å². The monoisotopic (exact) mass is 325 g/mol. The zero-order valence-electron chi connectivity index (χ0n) is 13.3. The van der Waals surface area contributed by atoms with Crippen molar-refractivity contribution in [3.63, 3.8) is 0 Å². The van der Waals surface area contributed by atoms with Crippen LogP contribution in [0.5, 0.6) is 0 Å². The lowest BCUT2D eigenvalue weighted by Gasteiger charge is -2.31. The molecule has 1 atom stereocenters. The largest absolute Gasteiger partial charge is 0.466 e. The summed E-state index contributed by atoms with van der Waals surface area (Å²) in [5.74, 6) is -0.669. The molecule has 1 aromatic carbocycles. The third kappa shape index (κ3) is 3.50. The first-order valence-corrected chi connectivity index (χ1v) is 9.04. The molecule has 1 saturated heterocycles. The van der Waals surface area contributed by atoms with Gasteiger partial charge in [0, 0.05) is 13.1 Å². The molecule has 22 heavy (non-hydrogen) atoms. The van der Waals surface area contributed by atoms with E-state index in [0.717, 1.165) is 11.1 Å². The lowest BCUT2D eigenvalue weighted by molar-refractivity contribution is -0.149. The van der Waals surface area contributed by atoms with Crippen molar-refractivity contribution in [1.82, 2.24) is 4.31 Å². The second-order valence-corrected chi connectivity index (χ2v) is 7.63. The zero-order chi connectivity index (χ0) is 16.3. The zero-order valence-corrected chi connectivity index (χ0v) is 14.1. The van der Waals surface area contributed by atoms with Crippen LogP contribution in [0.25, 0.3) is 0 Å². The van der Waals surface area contributed by atoms with Crippen LogP contribution >= 0.6 is 0 Å². The van der Waals surface area contributed by atoms with E-state index in [-0.39, 0.29) is 18.4 Å². The molecule has 2 rings (SSSR count). The molecule has 0 N–H and O–H groups in total. The minimum absolute atomic E-state index is 0.203. The standard InChI is InChI=1S/C16H23NO4S/c1-4-21-16(18)14-6-5-9-17(11-14)22(19,20)15-8-7-12(2)10-13(15)3/h7-8,10,14H,4-6,9,11H2,1-3H3/t14-/m0/s1. The molecule has 0 saturated carbocycles. The molecule has 0 aromatic heterocycles. The normalized spacial score (nSPS) is 19.9. The second-order valence-electron chi connectivity index (χ2n) is 5.72. The van der Waals surface area contributed by atoms with Crippen molar-refractivity contribution in [2.45, 2.75) is 38.5 Å². The van der Waals surface area contributed by atoms with Crippen molar-refractivity contribution in [2.75, 3.05) is 19.7 Å². The SMILES string of the molecule is CCOC(=O)[C@H]1CCCN(S(=O)(=O)c2ccc(C)cc2C)C1. The number of esters is 1. The van der Waals surface area contributed by atoms with Crippen molar-refractivity contribution in [2.24, 2.45) is 5.92 Å². The third-order valence-corrected chi connectivity index (χ3v) is 5.98. The number of aryl methyl sites for hydroxylation is 2. The smallest absolute Gasteiger partial charge is 0.310 e. The van der Waals surface area contributed by atoms with Gasteiger partial charge in [0.15, 0.2) is 0 Å². The molecule has 0 unspecified atom stereocenters. The Bertz CT molecular complexity index is 654. The van der Waals surface area contributed by atoms with E-state index in [9.17, 15) is 13.2 Å². The maximum atomic E-state index is 12.8. The first kappa shape index (κ1) is 17.0. The number of carbonyl (C=O) groups excluding carboxylic acids is 1. The number of hydrogen-bond acceptors (Lipinski definition) is 4. The van der Waals surface area contributed by atoms with Crippen molar-refractivity contribution in [3.05, 3.63) is 29.3 Å². The fraction of sp³-hybridized carbons (Fsp3) is 0.562. The maximum Gasteiger partial charge on any atom is 0.310 e. The number of sulfonamides is 1. The van der Waals surface area contributed by atoms with Gasteiger partial charge in [0.25, 0.3) is 0 Å². The van der Waals surface area contributed by atoms with Gasteiger partial charge in [-0.05, 0) is 45.2 Å². The topological polar surface area (TPSA) is 63.7 Å². The van der Waals surface area contributed by atoms with Gasteiger partial charge in [0.05, 0.1) is 17.4 Å². The summed E-state index contributed by atoms with van der Waals surface area (Å²) < 4.78 is 32.1. The summed E-state index contributed by atoms with van der Waals surface area (Å²) in [6.45, 7) is 6.46. The molecule has 1 heterocycles. The average Bonchev–Trinajstić information content (AvgIpc) is 2.47. The Balaban J connectivity index is 2.23. The number of carbonyl (C=O) groups is 1. The van der Waals surface area contributed by atoms with Crippen molar-refractivity contribution >= 4 is 16.0 Å². The predicted octanol–water partition coefficient (Wildman–Crippen LogP) is 2.27. The first-order valence-electron chi connectivity index (χ1n) is 7.60. The van der Waals surface area contributed by atoms with E-state index in [1.54, 1.807) is 26.0 Å². The summed E-state index contributed by atoms with van der Waals surface area (Å²) in [5.41, 5.74) is 1.76. The van der Waals surface area contributed by atoms with Crippen LogP contribution in [-0.2, 0) is 19.6 Å². The lowest BCUT2D eigenvalue weighted by Crippen LogP contribution is -2.42. The van der Waals surface area contributed by atoms with Crippen molar-refractivity contribution in [3.8, 4) is 0 Å². The molecule has 0 aliphatic carbocycles. The molecule has 1 fully saturated rings. The minimum Gasteiger partial charge on any atom is -0.466 e. The van der Waals surface area contributed by atoms with Crippen LogP contribution in [0.15, 0.2) is 23.1 Å². The molecule has 0 amide bonds. The molecule has 1 aromatic rings. The Morgan fingerprint density at radius 3 is 2.73 bits per heavy atom. The molecule has 6 heteroatoms. The van der Waals surface area contributed by atoms with Crippen LogP contribution in [0.2, 0.25) is 0 Å². The first-order chi connectivity index (χ1) is 10.4. The van der Waals surface area contributed by atoms with E-state index >= 15 is 0 Å². The van der Waals surface area contributed by atoms with E-state index in [0.29, 0.717) is 30.9 Å². The van der Waals surface area contributed by atoms with Crippen LogP contribution < -0.4 is 0 Å². The molecule has 1 aliphatic heterocycles. The summed E-state index contributed by atoms with van der Waals surface area (Å²) in [4.78, 5) is 12.2. The fourth-order valence-electron chi connectivity index (χ4n) is 2.84. The van der Waals surface area contributed by atoms with Crippen LogP contribution in [0.4, 0.5) is 0 Å². The highest BCUT2D eigenvalue weighted by atomic mass is 32.2. The number of benzene rings is 1. The van der Waals surface area contributed by atoms with Gasteiger partial charge in [-0.3, -0.25) is 4.79 Å². The lowest BCUT2D eigenvalue weighted by atomic mass is 10.0. The number of hydrogen-bond donors (Lipinski definition) is 0. The van der Waals surface area contributed by atoms with Crippen LogP contribution in [0.3, 0.4) is 0 Å². The van der Waals surface area contributed by atoms with Gasteiger partial charge in [0.1, 0.15) is 0 Å². The van der Waals surface area contributed by atoms with Crippen LogP contribution in [0.1, 0.15) is 30.9 Å². The molecular formula is C16H23NO4S. The van der Waals surface area contributed by atoms with Gasteiger partial charge in [-0.1, -0.05) is 17.7 Å². The molecule has 5 nitrogen and oxygen atoms in total. The third-order valence-electron chi connectivity index (χ3n) is 3.95. The molecule has 0 bridgehead atoms. The summed E-state index contributed by atoms with van der Waals surface area (Å²) in [6.07, 6.45) is 1.35. The summed E-state index contributed by atoms with van der Waals surface area (Å²) in [6, 6.07) is 5.31. The van der Waals surface area contributed by atoms with Gasteiger partial charge in [-0.15, -0.1) is 0 Å². The van der Waals surface area contributed by atoms with E-state index in [4.69, 9.17) is 4.74 Å². The molecule has 0 radical (unpaired) electrons. The van der Waals surface area contributed by atoms with Gasteiger partial charge in [0.2, 0.25) is 10.0 Å². The van der Waals surface area contributed by atoms with E-state index in [1.165, 1.54) is 4.31 Å². The Morgan fingerprint density at radius 1 is 1.36 bits per heavy atom. The second kappa shape index (κ2) is 6.79. The van der Waals surface area contributed by atoms with Gasteiger partial charge in [-0.25, -0.2) is 8.42 Å². The highest BCUT2D eigenvalue weighted by Crippen LogP contribution is 2.26. The molecule has 122 valence electrons. The Morgan fingerprint density at radius 2 is 2.09 bits per heavy atom. The summed E-state index contributed by atoms with van der Waals surface area (Å²) in [5, 5.41) is 0. The summed E-state index contributed by atoms with van der Waals surface area (Å²) in [7, 11) is -3.57. The fourth-order valence-corrected chi connectivity index (χ4v) is 4.57. The molecule has 1 aliphatic rings. The number of nitrogens with zero attached hydrogens (tertiary/aromatic N) is 1. The van der Waals surface area contributed by atoms with Gasteiger partial charge < -0.3 is 4.74 Å². The highest BCUT2D eigenvalue weighted by molar-refractivity contribution is 7.89. The van der Waals surface area contributed by atoms with E-state index in [1.807, 2.05) is 13.0 Å². The quantitative estimate of drug-likeness (QED) is 0.797. The molecule has 0 spiro atoms.